The average Bonchev–Trinajstić information content (AvgIpc) is 3.21. The number of rotatable bonds is 3. The summed E-state index contributed by atoms with van der Waals surface area (Å²) in [5.41, 5.74) is 1.05. The molecule has 2 fully saturated rings. The van der Waals surface area contributed by atoms with Crippen LogP contribution in [-0.4, -0.2) is 23.0 Å². The monoisotopic (exact) mass is 292 g/mol. The van der Waals surface area contributed by atoms with E-state index in [1.54, 1.807) is 6.08 Å². The first-order valence-electron chi connectivity index (χ1n) is 7.57. The van der Waals surface area contributed by atoms with Crippen molar-refractivity contribution in [2.45, 2.75) is 6.42 Å². The van der Waals surface area contributed by atoms with Crippen molar-refractivity contribution in [3.63, 3.8) is 0 Å². The van der Waals surface area contributed by atoms with E-state index in [0.717, 1.165) is 17.0 Å². The highest BCUT2D eigenvalue weighted by Crippen LogP contribution is 2.52. The number of fused-ring (bicyclic) bond motifs is 5. The minimum atomic E-state index is -0.183. The van der Waals surface area contributed by atoms with E-state index in [9.17, 15) is 9.59 Å². The van der Waals surface area contributed by atoms with Crippen molar-refractivity contribution in [2.24, 2.45) is 28.8 Å². The Kier molecular flexibility index (Phi) is 3.03. The Morgan fingerprint density at radius 1 is 1.00 bits per heavy atom. The molecular weight excluding hydrogens is 276 g/mol. The first-order chi connectivity index (χ1) is 10.8. The number of imide groups is 1. The Balaban J connectivity index is 1.48. The molecule has 0 N–H and O–H groups in total. The van der Waals surface area contributed by atoms with E-state index in [0.29, 0.717) is 0 Å². The van der Waals surface area contributed by atoms with Gasteiger partial charge in [0.25, 0.3) is 11.8 Å². The van der Waals surface area contributed by atoms with Crippen molar-refractivity contribution in [1.82, 2.24) is 5.01 Å². The van der Waals surface area contributed by atoms with Crippen LogP contribution in [0.3, 0.4) is 0 Å². The molecule has 1 aromatic rings. The highest BCUT2D eigenvalue weighted by molar-refractivity contribution is 6.06. The predicted octanol–water partition coefficient (Wildman–Crippen LogP) is 2.49. The topological polar surface area (TPSA) is 49.7 Å². The zero-order valence-electron chi connectivity index (χ0n) is 12.0. The predicted molar refractivity (Wildman–Crippen MR) is 83.5 cm³/mol. The molecule has 1 saturated carbocycles. The van der Waals surface area contributed by atoms with Gasteiger partial charge in [0.2, 0.25) is 0 Å². The molecule has 110 valence electrons. The second kappa shape index (κ2) is 5.05. The molecule has 1 saturated heterocycles. The molecule has 2 aliphatic carbocycles. The second-order valence-corrected chi connectivity index (χ2v) is 6.02. The lowest BCUT2D eigenvalue weighted by molar-refractivity contribution is -0.140. The van der Waals surface area contributed by atoms with Crippen LogP contribution >= 0.6 is 0 Å². The van der Waals surface area contributed by atoms with Crippen molar-refractivity contribution >= 4 is 24.1 Å². The molecular formula is C18H16N2O2. The van der Waals surface area contributed by atoms with Crippen molar-refractivity contribution in [3.05, 3.63) is 54.1 Å². The van der Waals surface area contributed by atoms with Gasteiger partial charge in [-0.3, -0.25) is 9.59 Å². The summed E-state index contributed by atoms with van der Waals surface area (Å²) in [7, 11) is 0. The van der Waals surface area contributed by atoms with Gasteiger partial charge in [-0.15, -0.1) is 0 Å². The van der Waals surface area contributed by atoms with E-state index < -0.39 is 0 Å². The third-order valence-corrected chi connectivity index (χ3v) is 4.80. The summed E-state index contributed by atoms with van der Waals surface area (Å²) >= 11 is 0. The lowest BCUT2D eigenvalue weighted by atomic mass is 9.85. The van der Waals surface area contributed by atoms with Gasteiger partial charge in [0.05, 0.1) is 11.8 Å². The molecule has 2 bridgehead atoms. The number of carbonyl (C=O) groups excluding carboxylic acids is 2. The van der Waals surface area contributed by atoms with Gasteiger partial charge >= 0.3 is 0 Å². The Morgan fingerprint density at radius 3 is 2.27 bits per heavy atom. The summed E-state index contributed by atoms with van der Waals surface area (Å²) in [6, 6.07) is 9.81. The van der Waals surface area contributed by atoms with Gasteiger partial charge in [0, 0.05) is 6.21 Å². The molecule has 0 spiro atoms. The highest BCUT2D eigenvalue weighted by atomic mass is 16.2. The number of benzene rings is 1. The van der Waals surface area contributed by atoms with Crippen LogP contribution in [0, 0.1) is 23.7 Å². The maximum absolute atomic E-state index is 12.4. The standard InChI is InChI=1S/C18H16N2O2/c21-17-15-13-8-9-14(11-13)16(15)18(22)20(17)19-10-4-7-12-5-2-1-3-6-12/h1-10,13-16H,11H2/b7-4+,19-10-/t13-,14-,15+,16+/m0/s1. The minimum Gasteiger partial charge on any atom is -0.272 e. The fraction of sp³-hybridized carbons (Fsp3) is 0.278. The van der Waals surface area contributed by atoms with E-state index in [2.05, 4.69) is 17.3 Å². The highest BCUT2D eigenvalue weighted by Gasteiger charge is 2.59. The van der Waals surface area contributed by atoms with Crippen molar-refractivity contribution < 1.29 is 9.59 Å². The molecule has 3 aliphatic rings. The normalized spacial score (nSPS) is 32.8. The molecule has 4 atom stereocenters. The number of hydrogen-bond acceptors (Lipinski definition) is 3. The van der Waals surface area contributed by atoms with Crippen molar-refractivity contribution in [1.29, 1.82) is 0 Å². The number of amides is 2. The zero-order chi connectivity index (χ0) is 15.1. The molecule has 1 aliphatic heterocycles. The molecule has 22 heavy (non-hydrogen) atoms. The van der Waals surface area contributed by atoms with Crippen molar-refractivity contribution in [3.8, 4) is 0 Å². The maximum atomic E-state index is 12.4. The average molecular weight is 292 g/mol. The van der Waals surface area contributed by atoms with Gasteiger partial charge in [0.1, 0.15) is 0 Å². The van der Waals surface area contributed by atoms with E-state index in [4.69, 9.17) is 0 Å². The zero-order valence-corrected chi connectivity index (χ0v) is 12.0. The smallest absolute Gasteiger partial charge is 0.254 e. The molecule has 4 rings (SSSR count). The number of allylic oxidation sites excluding steroid dienone is 3. The number of nitrogens with zero attached hydrogens (tertiary/aromatic N) is 2. The van der Waals surface area contributed by atoms with Crippen LogP contribution in [0.5, 0.6) is 0 Å². The van der Waals surface area contributed by atoms with E-state index in [1.807, 2.05) is 36.4 Å². The molecule has 4 heteroatoms. The largest absolute Gasteiger partial charge is 0.272 e. The Labute approximate surface area is 128 Å². The van der Waals surface area contributed by atoms with Gasteiger partial charge in [-0.25, -0.2) is 0 Å². The van der Waals surface area contributed by atoms with E-state index >= 15 is 0 Å². The second-order valence-electron chi connectivity index (χ2n) is 6.02. The molecule has 4 nitrogen and oxygen atoms in total. The summed E-state index contributed by atoms with van der Waals surface area (Å²) < 4.78 is 0. The Bertz CT molecular complexity index is 675. The number of hydrazone groups is 1. The lowest BCUT2D eigenvalue weighted by Gasteiger charge is -2.13. The third kappa shape index (κ3) is 1.95. The summed E-state index contributed by atoms with van der Waals surface area (Å²) in [4.78, 5) is 24.8. The molecule has 2 amide bonds. The SMILES string of the molecule is O=C1[C@H]2[C@H](C(=O)N1/N=C\C=C\c1ccccc1)[C@H]1C=C[C@H]2C1. The van der Waals surface area contributed by atoms with Crippen LogP contribution in [-0.2, 0) is 9.59 Å². The summed E-state index contributed by atoms with van der Waals surface area (Å²) in [6.45, 7) is 0. The molecule has 1 aromatic carbocycles. The summed E-state index contributed by atoms with van der Waals surface area (Å²) in [5.74, 6) is -0.194. The van der Waals surface area contributed by atoms with Crippen LogP contribution < -0.4 is 0 Å². The number of hydrogen-bond donors (Lipinski definition) is 0. The minimum absolute atomic E-state index is 0.142. The summed E-state index contributed by atoms with van der Waals surface area (Å²) in [6.07, 6.45) is 10.3. The van der Waals surface area contributed by atoms with Gasteiger partial charge in [-0.2, -0.15) is 10.1 Å². The molecule has 1 heterocycles. The van der Waals surface area contributed by atoms with Crippen LogP contribution in [0.1, 0.15) is 12.0 Å². The van der Waals surface area contributed by atoms with Crippen LogP contribution in [0.4, 0.5) is 0 Å². The van der Waals surface area contributed by atoms with Crippen LogP contribution in [0.15, 0.2) is 53.7 Å². The van der Waals surface area contributed by atoms with Crippen LogP contribution in [0.2, 0.25) is 0 Å². The Hall–Kier alpha value is -2.49. The van der Waals surface area contributed by atoms with Crippen molar-refractivity contribution in [2.75, 3.05) is 0 Å². The number of carbonyl (C=O) groups is 2. The maximum Gasteiger partial charge on any atom is 0.254 e. The Morgan fingerprint density at radius 2 is 1.64 bits per heavy atom. The fourth-order valence-corrected chi connectivity index (χ4v) is 3.82. The summed E-state index contributed by atoms with van der Waals surface area (Å²) in [5, 5.41) is 5.14. The third-order valence-electron chi connectivity index (χ3n) is 4.80. The van der Waals surface area contributed by atoms with E-state index in [1.165, 1.54) is 6.21 Å². The fourth-order valence-electron chi connectivity index (χ4n) is 3.82. The molecule has 0 aromatic heterocycles. The van der Waals surface area contributed by atoms with Gasteiger partial charge in [-0.05, 0) is 29.9 Å². The van der Waals surface area contributed by atoms with E-state index in [-0.39, 0.29) is 35.5 Å². The first-order valence-corrected chi connectivity index (χ1v) is 7.57. The van der Waals surface area contributed by atoms with Gasteiger partial charge in [0.15, 0.2) is 0 Å². The van der Waals surface area contributed by atoms with Crippen LogP contribution in [0.25, 0.3) is 6.08 Å². The molecule has 0 radical (unpaired) electrons. The molecule has 0 unspecified atom stereocenters. The van der Waals surface area contributed by atoms with Gasteiger partial charge < -0.3 is 0 Å². The van der Waals surface area contributed by atoms with Gasteiger partial charge in [-0.1, -0.05) is 48.6 Å². The quantitative estimate of drug-likeness (QED) is 0.488. The first kappa shape index (κ1) is 13.2. The lowest BCUT2D eigenvalue weighted by Crippen LogP contribution is -2.27.